The lowest BCUT2D eigenvalue weighted by molar-refractivity contribution is 0.585. The summed E-state index contributed by atoms with van der Waals surface area (Å²) in [4.78, 5) is 8.39. The minimum absolute atomic E-state index is 0.258. The van der Waals surface area contributed by atoms with Gasteiger partial charge < -0.3 is 10.3 Å². The van der Waals surface area contributed by atoms with Crippen LogP contribution in [0.1, 0.15) is 24.8 Å². The first-order valence-electron chi connectivity index (χ1n) is 6.62. The second-order valence-corrected chi connectivity index (χ2v) is 7.41. The van der Waals surface area contributed by atoms with Crippen LogP contribution < -0.4 is 5.73 Å². The van der Waals surface area contributed by atoms with E-state index >= 15 is 0 Å². The van der Waals surface area contributed by atoms with Gasteiger partial charge in [0.2, 0.25) is 0 Å². The van der Waals surface area contributed by atoms with E-state index in [4.69, 9.17) is 5.73 Å². The Bertz CT molecular complexity index is 706. The van der Waals surface area contributed by atoms with E-state index < -0.39 is 9.84 Å². The van der Waals surface area contributed by atoms with Gasteiger partial charge in [0.15, 0.2) is 5.82 Å². The van der Waals surface area contributed by atoms with Crippen molar-refractivity contribution in [1.29, 1.82) is 0 Å². The van der Waals surface area contributed by atoms with Crippen LogP contribution >= 0.6 is 0 Å². The Morgan fingerprint density at radius 3 is 2.70 bits per heavy atom. The Balaban J connectivity index is 1.99. The topological polar surface area (TPSA) is 90.9 Å². The van der Waals surface area contributed by atoms with Gasteiger partial charge >= 0.3 is 0 Å². The number of imidazole rings is 1. The standard InChI is InChI=1S/C13H20N4O2S/c1-10-8-15-13(14)11-12(10)17(9-16-11)6-4-3-5-7-20(2,18)19/h8-9H,3-7H2,1-2H3,(H2,14,15). The Morgan fingerprint density at radius 2 is 2.00 bits per heavy atom. The molecule has 110 valence electrons. The number of nitrogen functional groups attached to an aromatic ring is 1. The summed E-state index contributed by atoms with van der Waals surface area (Å²) in [5.41, 5.74) is 8.60. The first-order valence-corrected chi connectivity index (χ1v) is 8.68. The van der Waals surface area contributed by atoms with E-state index in [-0.39, 0.29) is 5.75 Å². The number of pyridine rings is 1. The van der Waals surface area contributed by atoms with E-state index in [0.717, 1.165) is 36.0 Å². The molecular formula is C13H20N4O2S. The number of unbranched alkanes of at least 4 members (excludes halogenated alkanes) is 2. The molecule has 0 aliphatic rings. The maximum absolute atomic E-state index is 11.0. The van der Waals surface area contributed by atoms with Crippen LogP contribution in [-0.4, -0.2) is 35.0 Å². The number of nitrogens with zero attached hydrogens (tertiary/aromatic N) is 3. The molecule has 0 aliphatic heterocycles. The molecule has 0 saturated heterocycles. The molecule has 7 heteroatoms. The lowest BCUT2D eigenvalue weighted by Gasteiger charge is -2.06. The van der Waals surface area contributed by atoms with E-state index in [9.17, 15) is 8.42 Å². The molecule has 20 heavy (non-hydrogen) atoms. The molecule has 2 N–H and O–H groups in total. The first kappa shape index (κ1) is 14.8. The molecule has 0 unspecified atom stereocenters. The monoisotopic (exact) mass is 296 g/mol. The molecular weight excluding hydrogens is 276 g/mol. The molecule has 0 saturated carbocycles. The molecule has 2 rings (SSSR count). The summed E-state index contributed by atoms with van der Waals surface area (Å²) in [5.74, 6) is 0.703. The summed E-state index contributed by atoms with van der Waals surface area (Å²) in [7, 11) is -2.85. The van der Waals surface area contributed by atoms with Gasteiger partial charge in [0.1, 0.15) is 15.4 Å². The molecule has 2 heterocycles. The largest absolute Gasteiger partial charge is 0.382 e. The first-order chi connectivity index (χ1) is 9.38. The minimum Gasteiger partial charge on any atom is -0.382 e. The van der Waals surface area contributed by atoms with Crippen LogP contribution in [0, 0.1) is 6.92 Å². The molecule has 0 bridgehead atoms. The van der Waals surface area contributed by atoms with Gasteiger partial charge in [-0.15, -0.1) is 0 Å². The van der Waals surface area contributed by atoms with Gasteiger partial charge in [-0.2, -0.15) is 0 Å². The van der Waals surface area contributed by atoms with E-state index in [1.807, 2.05) is 6.92 Å². The summed E-state index contributed by atoms with van der Waals surface area (Å²) >= 11 is 0. The summed E-state index contributed by atoms with van der Waals surface area (Å²) in [6.45, 7) is 2.79. The number of hydrogen-bond donors (Lipinski definition) is 1. The zero-order valence-electron chi connectivity index (χ0n) is 11.8. The maximum atomic E-state index is 11.0. The average Bonchev–Trinajstić information content (AvgIpc) is 2.77. The fraction of sp³-hybridized carbons (Fsp3) is 0.538. The third kappa shape index (κ3) is 3.47. The van der Waals surface area contributed by atoms with Crippen LogP contribution in [0.2, 0.25) is 0 Å². The van der Waals surface area contributed by atoms with Crippen molar-refractivity contribution in [2.45, 2.75) is 32.7 Å². The Labute approximate surface area is 118 Å². The molecule has 2 aromatic rings. The van der Waals surface area contributed by atoms with Gasteiger partial charge in [0.25, 0.3) is 0 Å². The molecule has 0 aliphatic carbocycles. The van der Waals surface area contributed by atoms with Crippen molar-refractivity contribution in [3.05, 3.63) is 18.1 Å². The zero-order valence-corrected chi connectivity index (χ0v) is 12.7. The number of hydrogen-bond acceptors (Lipinski definition) is 5. The Kier molecular flexibility index (Phi) is 4.27. The smallest absolute Gasteiger partial charge is 0.151 e. The van der Waals surface area contributed by atoms with Crippen LogP contribution in [-0.2, 0) is 16.4 Å². The van der Waals surface area contributed by atoms with Crippen molar-refractivity contribution >= 4 is 26.7 Å². The zero-order chi connectivity index (χ0) is 14.8. The van der Waals surface area contributed by atoms with Crippen LogP contribution in [0.15, 0.2) is 12.5 Å². The van der Waals surface area contributed by atoms with Crippen molar-refractivity contribution in [2.24, 2.45) is 0 Å². The Hall–Kier alpha value is -1.63. The lowest BCUT2D eigenvalue weighted by Crippen LogP contribution is -2.04. The van der Waals surface area contributed by atoms with Crippen molar-refractivity contribution in [3.63, 3.8) is 0 Å². The van der Waals surface area contributed by atoms with Crippen molar-refractivity contribution in [2.75, 3.05) is 17.7 Å². The van der Waals surface area contributed by atoms with Crippen molar-refractivity contribution in [1.82, 2.24) is 14.5 Å². The second-order valence-electron chi connectivity index (χ2n) is 5.15. The summed E-state index contributed by atoms with van der Waals surface area (Å²) < 4.78 is 24.1. The normalized spacial score (nSPS) is 12.1. The van der Waals surface area contributed by atoms with E-state index in [1.54, 1.807) is 12.5 Å². The number of aromatic nitrogens is 3. The minimum atomic E-state index is -2.85. The van der Waals surface area contributed by atoms with Gasteiger partial charge in [-0.1, -0.05) is 6.42 Å². The molecule has 0 spiro atoms. The summed E-state index contributed by atoms with van der Waals surface area (Å²) in [6.07, 6.45) is 7.30. The van der Waals surface area contributed by atoms with Gasteiger partial charge in [-0.25, -0.2) is 18.4 Å². The molecule has 0 atom stereocenters. The molecule has 0 amide bonds. The van der Waals surface area contributed by atoms with Crippen molar-refractivity contribution in [3.8, 4) is 0 Å². The van der Waals surface area contributed by atoms with Crippen LogP contribution in [0.4, 0.5) is 5.82 Å². The SMILES string of the molecule is Cc1cnc(N)c2ncn(CCCCCS(C)(=O)=O)c12. The lowest BCUT2D eigenvalue weighted by atomic mass is 10.2. The average molecular weight is 296 g/mol. The van der Waals surface area contributed by atoms with Gasteiger partial charge in [0.05, 0.1) is 11.8 Å². The van der Waals surface area contributed by atoms with E-state index in [1.165, 1.54) is 6.26 Å². The third-order valence-corrected chi connectivity index (χ3v) is 4.30. The second kappa shape index (κ2) is 5.78. The number of aryl methyl sites for hydroxylation is 2. The fourth-order valence-corrected chi connectivity index (χ4v) is 2.99. The van der Waals surface area contributed by atoms with Crippen LogP contribution in [0.3, 0.4) is 0 Å². The molecule has 0 fully saturated rings. The van der Waals surface area contributed by atoms with E-state index in [0.29, 0.717) is 12.2 Å². The molecule has 0 aromatic carbocycles. The number of rotatable bonds is 6. The highest BCUT2D eigenvalue weighted by atomic mass is 32.2. The molecule has 2 aromatic heterocycles. The van der Waals surface area contributed by atoms with Gasteiger partial charge in [0, 0.05) is 24.8 Å². The van der Waals surface area contributed by atoms with Crippen LogP contribution in [0.5, 0.6) is 0 Å². The predicted octanol–water partition coefficient (Wildman–Crippen LogP) is 1.54. The molecule has 6 nitrogen and oxygen atoms in total. The Morgan fingerprint density at radius 1 is 1.25 bits per heavy atom. The van der Waals surface area contributed by atoms with Crippen LogP contribution in [0.25, 0.3) is 11.0 Å². The van der Waals surface area contributed by atoms with Crippen molar-refractivity contribution < 1.29 is 8.42 Å². The molecule has 0 radical (unpaired) electrons. The van der Waals surface area contributed by atoms with Gasteiger partial charge in [-0.05, 0) is 25.3 Å². The number of sulfone groups is 1. The number of anilines is 1. The third-order valence-electron chi connectivity index (χ3n) is 3.27. The number of fused-ring (bicyclic) bond motifs is 1. The van der Waals surface area contributed by atoms with E-state index in [2.05, 4.69) is 14.5 Å². The highest BCUT2D eigenvalue weighted by Crippen LogP contribution is 2.21. The highest BCUT2D eigenvalue weighted by Gasteiger charge is 2.09. The quantitative estimate of drug-likeness (QED) is 0.816. The number of nitrogens with two attached hydrogens (primary N) is 1. The van der Waals surface area contributed by atoms with Gasteiger partial charge in [-0.3, -0.25) is 0 Å². The summed E-state index contributed by atoms with van der Waals surface area (Å²) in [6, 6.07) is 0. The highest BCUT2D eigenvalue weighted by molar-refractivity contribution is 7.90. The predicted molar refractivity (Wildman–Crippen MR) is 80.2 cm³/mol. The maximum Gasteiger partial charge on any atom is 0.151 e. The fourth-order valence-electron chi connectivity index (χ4n) is 2.26. The summed E-state index contributed by atoms with van der Waals surface area (Å²) in [5, 5.41) is 0.